The summed E-state index contributed by atoms with van der Waals surface area (Å²) in [7, 11) is 0. The van der Waals surface area contributed by atoms with Crippen molar-refractivity contribution < 1.29 is 4.74 Å². The SMILES string of the molecule is Nn1c(SCCC2CCCC2)nnc1C1CCCCO1. The Kier molecular flexibility index (Phi) is 4.83. The third kappa shape index (κ3) is 3.28. The molecule has 1 aromatic rings. The van der Waals surface area contributed by atoms with E-state index in [-0.39, 0.29) is 6.10 Å². The molecule has 1 saturated carbocycles. The molecule has 1 aliphatic heterocycles. The molecule has 2 heterocycles. The molecule has 112 valence electrons. The monoisotopic (exact) mass is 296 g/mol. The second kappa shape index (κ2) is 6.80. The third-order valence-electron chi connectivity index (χ3n) is 4.39. The first kappa shape index (κ1) is 14.2. The molecule has 20 heavy (non-hydrogen) atoms. The van der Waals surface area contributed by atoms with Crippen LogP contribution in [0.4, 0.5) is 0 Å². The zero-order chi connectivity index (χ0) is 13.8. The number of rotatable bonds is 5. The molecular formula is C14H24N4OS. The maximum Gasteiger partial charge on any atom is 0.209 e. The van der Waals surface area contributed by atoms with E-state index in [2.05, 4.69) is 10.2 Å². The molecule has 0 bridgehead atoms. The first-order chi connectivity index (χ1) is 9.84. The smallest absolute Gasteiger partial charge is 0.209 e. The van der Waals surface area contributed by atoms with Gasteiger partial charge in [0.25, 0.3) is 0 Å². The molecule has 1 saturated heterocycles. The molecule has 6 heteroatoms. The van der Waals surface area contributed by atoms with Crippen molar-refractivity contribution in [3.63, 3.8) is 0 Å². The molecule has 0 spiro atoms. The van der Waals surface area contributed by atoms with Crippen LogP contribution in [0.3, 0.4) is 0 Å². The number of nitrogen functional groups attached to an aromatic ring is 1. The Bertz CT molecular complexity index is 425. The third-order valence-corrected chi connectivity index (χ3v) is 5.37. The van der Waals surface area contributed by atoms with E-state index in [0.29, 0.717) is 0 Å². The van der Waals surface area contributed by atoms with Crippen LogP contribution >= 0.6 is 11.8 Å². The van der Waals surface area contributed by atoms with Gasteiger partial charge in [0, 0.05) is 12.4 Å². The Labute approximate surface area is 124 Å². The summed E-state index contributed by atoms with van der Waals surface area (Å²) >= 11 is 1.73. The van der Waals surface area contributed by atoms with Gasteiger partial charge in [0.05, 0.1) is 0 Å². The van der Waals surface area contributed by atoms with Gasteiger partial charge in [0.2, 0.25) is 5.16 Å². The second-order valence-electron chi connectivity index (χ2n) is 5.85. The van der Waals surface area contributed by atoms with E-state index in [1.807, 2.05) is 0 Å². The maximum absolute atomic E-state index is 6.12. The molecule has 2 fully saturated rings. The van der Waals surface area contributed by atoms with Gasteiger partial charge in [0.15, 0.2) is 5.82 Å². The van der Waals surface area contributed by atoms with E-state index in [0.717, 1.165) is 42.1 Å². The van der Waals surface area contributed by atoms with Gasteiger partial charge in [0.1, 0.15) is 6.10 Å². The molecule has 5 nitrogen and oxygen atoms in total. The van der Waals surface area contributed by atoms with Crippen LogP contribution in [0, 0.1) is 5.92 Å². The van der Waals surface area contributed by atoms with Gasteiger partial charge >= 0.3 is 0 Å². The van der Waals surface area contributed by atoms with Crippen LogP contribution in [-0.2, 0) is 4.74 Å². The Morgan fingerprint density at radius 2 is 1.95 bits per heavy atom. The van der Waals surface area contributed by atoms with Crippen LogP contribution in [0.1, 0.15) is 63.3 Å². The van der Waals surface area contributed by atoms with Crippen molar-refractivity contribution in [2.75, 3.05) is 18.2 Å². The lowest BCUT2D eigenvalue weighted by Gasteiger charge is -2.21. The molecule has 0 radical (unpaired) electrons. The number of aromatic nitrogens is 3. The molecule has 1 aromatic heterocycles. The van der Waals surface area contributed by atoms with Crippen molar-refractivity contribution in [3.05, 3.63) is 5.82 Å². The standard InChI is InChI=1S/C14H24N4OS/c15-18-13(12-7-3-4-9-19-12)16-17-14(18)20-10-8-11-5-1-2-6-11/h11-12H,1-10,15H2. The zero-order valence-electron chi connectivity index (χ0n) is 12.0. The predicted molar refractivity (Wildman–Crippen MR) is 80.0 cm³/mol. The largest absolute Gasteiger partial charge is 0.370 e. The fourth-order valence-electron chi connectivity index (χ4n) is 3.17. The zero-order valence-corrected chi connectivity index (χ0v) is 12.8. The van der Waals surface area contributed by atoms with Gasteiger partial charge in [-0.15, -0.1) is 10.2 Å². The molecule has 0 amide bonds. The van der Waals surface area contributed by atoms with Crippen LogP contribution in [0.15, 0.2) is 5.16 Å². The minimum absolute atomic E-state index is 0.0328. The van der Waals surface area contributed by atoms with Crippen LogP contribution < -0.4 is 5.84 Å². The summed E-state index contributed by atoms with van der Waals surface area (Å²) in [6.45, 7) is 0.807. The summed E-state index contributed by atoms with van der Waals surface area (Å²) in [5.74, 6) is 8.91. The van der Waals surface area contributed by atoms with Gasteiger partial charge in [-0.2, -0.15) is 0 Å². The minimum atomic E-state index is 0.0328. The lowest BCUT2D eigenvalue weighted by Crippen LogP contribution is -2.21. The first-order valence-corrected chi connectivity index (χ1v) is 8.78. The highest BCUT2D eigenvalue weighted by Crippen LogP contribution is 2.31. The van der Waals surface area contributed by atoms with Gasteiger partial charge < -0.3 is 10.6 Å². The summed E-state index contributed by atoms with van der Waals surface area (Å²) in [6.07, 6.45) is 10.2. The summed E-state index contributed by atoms with van der Waals surface area (Å²) in [5, 5.41) is 9.28. The van der Waals surface area contributed by atoms with Crippen LogP contribution in [0.25, 0.3) is 0 Å². The van der Waals surface area contributed by atoms with Crippen LogP contribution in [-0.4, -0.2) is 27.2 Å². The summed E-state index contributed by atoms with van der Waals surface area (Å²) in [5.41, 5.74) is 0. The number of hydrogen-bond donors (Lipinski definition) is 1. The lowest BCUT2D eigenvalue weighted by atomic mass is 10.1. The van der Waals surface area contributed by atoms with Crippen molar-refractivity contribution in [1.29, 1.82) is 0 Å². The molecule has 2 aliphatic rings. The fourth-order valence-corrected chi connectivity index (χ4v) is 4.13. The van der Waals surface area contributed by atoms with E-state index >= 15 is 0 Å². The molecule has 1 aliphatic carbocycles. The fraction of sp³-hybridized carbons (Fsp3) is 0.857. The van der Waals surface area contributed by atoms with Gasteiger partial charge in [-0.3, -0.25) is 0 Å². The molecule has 2 N–H and O–H groups in total. The number of ether oxygens (including phenoxy) is 1. The molecule has 3 rings (SSSR count). The van der Waals surface area contributed by atoms with Crippen molar-refractivity contribution in [1.82, 2.24) is 14.9 Å². The highest BCUT2D eigenvalue weighted by Gasteiger charge is 2.23. The minimum Gasteiger partial charge on any atom is -0.370 e. The van der Waals surface area contributed by atoms with Gasteiger partial charge in [-0.1, -0.05) is 37.4 Å². The Morgan fingerprint density at radius 3 is 2.70 bits per heavy atom. The van der Waals surface area contributed by atoms with Crippen molar-refractivity contribution in [2.24, 2.45) is 5.92 Å². The maximum atomic E-state index is 6.12. The Hall–Kier alpha value is -0.750. The second-order valence-corrected chi connectivity index (χ2v) is 6.92. The van der Waals surface area contributed by atoms with Crippen molar-refractivity contribution in [2.45, 2.75) is 62.6 Å². The highest BCUT2D eigenvalue weighted by molar-refractivity contribution is 7.99. The summed E-state index contributed by atoms with van der Waals surface area (Å²) in [6, 6.07) is 0. The molecule has 1 unspecified atom stereocenters. The van der Waals surface area contributed by atoms with Crippen LogP contribution in [0.5, 0.6) is 0 Å². The van der Waals surface area contributed by atoms with E-state index in [1.165, 1.54) is 38.5 Å². The first-order valence-electron chi connectivity index (χ1n) is 7.79. The topological polar surface area (TPSA) is 66.0 Å². The Morgan fingerprint density at radius 1 is 1.15 bits per heavy atom. The van der Waals surface area contributed by atoms with Gasteiger partial charge in [-0.05, 0) is 31.6 Å². The van der Waals surface area contributed by atoms with E-state index in [1.54, 1.807) is 16.4 Å². The molecule has 0 aromatic carbocycles. The molecular weight excluding hydrogens is 272 g/mol. The Balaban J connectivity index is 1.52. The van der Waals surface area contributed by atoms with Crippen molar-refractivity contribution >= 4 is 11.8 Å². The number of thioether (sulfide) groups is 1. The normalized spacial score (nSPS) is 24.3. The predicted octanol–water partition coefficient (Wildman–Crippen LogP) is 2.91. The average molecular weight is 296 g/mol. The van der Waals surface area contributed by atoms with E-state index < -0.39 is 0 Å². The lowest BCUT2D eigenvalue weighted by molar-refractivity contribution is 0.00780. The van der Waals surface area contributed by atoms with Gasteiger partial charge in [-0.25, -0.2) is 4.68 Å². The van der Waals surface area contributed by atoms with E-state index in [4.69, 9.17) is 10.6 Å². The number of nitrogens with zero attached hydrogens (tertiary/aromatic N) is 3. The summed E-state index contributed by atoms with van der Waals surface area (Å²) < 4.78 is 7.37. The highest BCUT2D eigenvalue weighted by atomic mass is 32.2. The quantitative estimate of drug-likeness (QED) is 0.668. The summed E-state index contributed by atoms with van der Waals surface area (Å²) in [4.78, 5) is 0. The van der Waals surface area contributed by atoms with E-state index in [9.17, 15) is 0 Å². The number of nitrogens with two attached hydrogens (primary N) is 1. The number of hydrogen-bond acceptors (Lipinski definition) is 5. The average Bonchev–Trinajstić information content (AvgIpc) is 3.11. The molecule has 1 atom stereocenters. The van der Waals surface area contributed by atoms with Crippen molar-refractivity contribution in [3.8, 4) is 0 Å². The van der Waals surface area contributed by atoms with Crippen LogP contribution in [0.2, 0.25) is 0 Å².